The number of hydrogen-bond donors (Lipinski definition) is 5. The van der Waals surface area contributed by atoms with Crippen LogP contribution in [0.3, 0.4) is 0 Å². The summed E-state index contributed by atoms with van der Waals surface area (Å²) in [6.45, 7) is 4.95. The minimum absolute atomic E-state index is 0.154. The van der Waals surface area contributed by atoms with Crippen LogP contribution in [0.4, 0.5) is 27.9 Å². The lowest BCUT2D eigenvalue weighted by Crippen LogP contribution is -2.40. The summed E-state index contributed by atoms with van der Waals surface area (Å²) in [7, 11) is 0. The maximum atomic E-state index is 14.5. The van der Waals surface area contributed by atoms with Crippen molar-refractivity contribution in [2.45, 2.75) is 95.2 Å². The second-order valence-corrected chi connectivity index (χ2v) is 10.2. The molecule has 3 atom stereocenters. The largest absolute Gasteiger partial charge is 0.477 e. The van der Waals surface area contributed by atoms with Crippen LogP contribution in [0.5, 0.6) is 5.75 Å². The molecule has 0 bridgehead atoms. The van der Waals surface area contributed by atoms with Crippen molar-refractivity contribution in [3.63, 3.8) is 0 Å². The maximum absolute atomic E-state index is 14.5. The number of rotatable bonds is 10. The quantitative estimate of drug-likeness (QED) is 0.165. The van der Waals surface area contributed by atoms with Crippen molar-refractivity contribution in [3.05, 3.63) is 24.0 Å². The van der Waals surface area contributed by atoms with E-state index in [1.807, 2.05) is 0 Å². The van der Waals surface area contributed by atoms with E-state index in [0.717, 1.165) is 32.2 Å². The molecule has 4 rings (SSSR count). The monoisotopic (exact) mass is 503 g/mol. The standard InChI is InChI=1S/C25H38FN7OS/c1-3-20(21-11-8-14-27-21)30-25-32-23(28-17-9-6-4-5-7-10-17)31-24(33-25)29-18-12-13-22(19(26)15-18)34-16(2)35/h12-13,15-17,20-21,27,35H,3-11,14H2,1-2H3,(H3,28,29,30,31,32,33). The predicted molar refractivity (Wildman–Crippen MR) is 142 cm³/mol. The Labute approximate surface area is 213 Å². The van der Waals surface area contributed by atoms with Crippen LogP contribution in [0.15, 0.2) is 18.2 Å². The summed E-state index contributed by atoms with van der Waals surface area (Å²) < 4.78 is 19.9. The normalized spacial score (nSPS) is 20.6. The minimum atomic E-state index is -0.474. The number of thiol groups is 1. The van der Waals surface area contributed by atoms with Gasteiger partial charge >= 0.3 is 0 Å². The first-order valence-electron chi connectivity index (χ1n) is 12.9. The number of nitrogens with one attached hydrogen (secondary N) is 4. The summed E-state index contributed by atoms with van der Waals surface area (Å²) in [5.41, 5.74) is 0.127. The number of nitrogens with zero attached hydrogens (tertiary/aromatic N) is 3. The zero-order valence-electron chi connectivity index (χ0n) is 20.7. The van der Waals surface area contributed by atoms with Gasteiger partial charge in [-0.15, -0.1) is 12.6 Å². The van der Waals surface area contributed by atoms with Gasteiger partial charge in [0.2, 0.25) is 17.8 Å². The molecule has 1 aliphatic heterocycles. The zero-order chi connectivity index (χ0) is 24.6. The number of anilines is 4. The molecule has 1 aliphatic carbocycles. The average molecular weight is 504 g/mol. The van der Waals surface area contributed by atoms with Crippen LogP contribution in [-0.4, -0.2) is 45.1 Å². The topological polar surface area (TPSA) is 96.0 Å². The Balaban J connectivity index is 1.55. The van der Waals surface area contributed by atoms with Crippen LogP contribution in [-0.2, 0) is 0 Å². The first-order valence-corrected chi connectivity index (χ1v) is 13.5. The fraction of sp³-hybridized carbons (Fsp3) is 0.640. The summed E-state index contributed by atoms with van der Waals surface area (Å²) in [5, 5.41) is 13.8. The van der Waals surface area contributed by atoms with Crippen LogP contribution in [0.1, 0.15) is 71.6 Å². The third kappa shape index (κ3) is 7.57. The van der Waals surface area contributed by atoms with Gasteiger partial charge in [-0.05, 0) is 57.7 Å². The molecule has 2 aliphatic rings. The molecule has 2 heterocycles. The van der Waals surface area contributed by atoms with Gasteiger partial charge in [-0.3, -0.25) is 0 Å². The predicted octanol–water partition coefficient (Wildman–Crippen LogP) is 5.49. The summed E-state index contributed by atoms with van der Waals surface area (Å²) in [4.78, 5) is 13.9. The first-order chi connectivity index (χ1) is 17.0. The van der Waals surface area contributed by atoms with E-state index >= 15 is 0 Å². The molecule has 2 fully saturated rings. The van der Waals surface area contributed by atoms with Crippen LogP contribution in [0.2, 0.25) is 0 Å². The Morgan fingerprint density at radius 1 is 1.06 bits per heavy atom. The Bertz CT molecular complexity index is 949. The lowest BCUT2D eigenvalue weighted by atomic mass is 10.0. The summed E-state index contributed by atoms with van der Waals surface area (Å²) in [5.74, 6) is 1.10. The van der Waals surface area contributed by atoms with Gasteiger partial charge in [0.05, 0.1) is 0 Å². The number of halogens is 1. The molecule has 1 aromatic carbocycles. The first kappa shape index (κ1) is 25.8. The molecular formula is C25H38FN7OS. The van der Waals surface area contributed by atoms with Crippen LogP contribution in [0.25, 0.3) is 0 Å². The number of hydrogen-bond acceptors (Lipinski definition) is 9. The molecule has 10 heteroatoms. The van der Waals surface area contributed by atoms with Crippen molar-refractivity contribution in [1.29, 1.82) is 0 Å². The van der Waals surface area contributed by atoms with E-state index in [0.29, 0.717) is 35.6 Å². The van der Waals surface area contributed by atoms with E-state index < -0.39 is 11.3 Å². The van der Waals surface area contributed by atoms with E-state index in [2.05, 4.69) is 50.8 Å². The molecule has 1 saturated heterocycles. The van der Waals surface area contributed by atoms with Crippen LogP contribution >= 0.6 is 12.6 Å². The van der Waals surface area contributed by atoms with Crippen molar-refractivity contribution in [3.8, 4) is 5.75 Å². The lowest BCUT2D eigenvalue weighted by molar-refractivity contribution is 0.294. The Kier molecular flexibility index (Phi) is 9.25. The highest BCUT2D eigenvalue weighted by Crippen LogP contribution is 2.26. The third-order valence-electron chi connectivity index (χ3n) is 6.65. The summed E-state index contributed by atoms with van der Waals surface area (Å²) in [6.07, 6.45) is 10.5. The molecule has 1 aromatic heterocycles. The van der Waals surface area contributed by atoms with Crippen LogP contribution in [0, 0.1) is 5.82 Å². The van der Waals surface area contributed by atoms with Crippen LogP contribution < -0.4 is 26.0 Å². The van der Waals surface area contributed by atoms with E-state index in [9.17, 15) is 4.39 Å². The van der Waals surface area contributed by atoms with Crippen molar-refractivity contribution in [1.82, 2.24) is 20.3 Å². The van der Waals surface area contributed by atoms with Gasteiger partial charge in [-0.1, -0.05) is 32.6 Å². The minimum Gasteiger partial charge on any atom is -0.477 e. The number of aromatic nitrogens is 3. The molecular weight excluding hydrogens is 465 g/mol. The van der Waals surface area contributed by atoms with Gasteiger partial charge in [-0.25, -0.2) is 4.39 Å². The van der Waals surface area contributed by atoms with E-state index in [-0.39, 0.29) is 11.8 Å². The highest BCUT2D eigenvalue weighted by molar-refractivity contribution is 7.80. The average Bonchev–Trinajstić information content (AvgIpc) is 3.24. The van der Waals surface area contributed by atoms with Crippen molar-refractivity contribution in [2.75, 3.05) is 22.5 Å². The summed E-state index contributed by atoms with van der Waals surface area (Å²) in [6, 6.07) is 5.64. The fourth-order valence-corrected chi connectivity index (χ4v) is 4.98. The van der Waals surface area contributed by atoms with E-state index in [4.69, 9.17) is 9.72 Å². The van der Waals surface area contributed by atoms with Gasteiger partial charge in [0.1, 0.15) is 5.44 Å². The number of benzene rings is 1. The third-order valence-corrected chi connectivity index (χ3v) is 6.75. The van der Waals surface area contributed by atoms with E-state index in [1.165, 1.54) is 38.2 Å². The van der Waals surface area contributed by atoms with Gasteiger partial charge in [-0.2, -0.15) is 15.0 Å². The second-order valence-electron chi connectivity index (χ2n) is 9.49. The maximum Gasteiger partial charge on any atom is 0.233 e. The molecule has 192 valence electrons. The van der Waals surface area contributed by atoms with E-state index in [1.54, 1.807) is 19.1 Å². The van der Waals surface area contributed by atoms with Crippen molar-refractivity contribution < 1.29 is 9.13 Å². The second kappa shape index (κ2) is 12.6. The van der Waals surface area contributed by atoms with Crippen molar-refractivity contribution >= 4 is 36.2 Å². The smallest absolute Gasteiger partial charge is 0.233 e. The zero-order valence-corrected chi connectivity index (χ0v) is 21.6. The highest BCUT2D eigenvalue weighted by atomic mass is 32.1. The van der Waals surface area contributed by atoms with Gasteiger partial charge < -0.3 is 26.0 Å². The van der Waals surface area contributed by atoms with Crippen molar-refractivity contribution in [2.24, 2.45) is 0 Å². The Hall–Kier alpha value is -2.33. The Morgan fingerprint density at radius 2 is 1.80 bits per heavy atom. The molecule has 35 heavy (non-hydrogen) atoms. The molecule has 4 N–H and O–H groups in total. The molecule has 0 amide bonds. The fourth-order valence-electron chi connectivity index (χ4n) is 4.86. The van der Waals surface area contributed by atoms with Gasteiger partial charge in [0, 0.05) is 29.9 Å². The van der Waals surface area contributed by atoms with Gasteiger partial charge in [0.15, 0.2) is 11.6 Å². The number of ether oxygens (including phenoxy) is 1. The molecule has 0 spiro atoms. The molecule has 3 unspecified atom stereocenters. The molecule has 8 nitrogen and oxygen atoms in total. The Morgan fingerprint density at radius 3 is 2.46 bits per heavy atom. The van der Waals surface area contributed by atoms with Gasteiger partial charge in [0.25, 0.3) is 0 Å². The molecule has 0 radical (unpaired) electrons. The SMILES string of the molecule is CCC(Nc1nc(Nc2ccc(OC(C)S)c(F)c2)nc(NC2CCCCCC2)n1)C1CCCN1. The molecule has 1 saturated carbocycles. The molecule has 2 aromatic rings. The lowest BCUT2D eigenvalue weighted by Gasteiger charge is -2.24. The summed E-state index contributed by atoms with van der Waals surface area (Å²) >= 11 is 4.16. The highest BCUT2D eigenvalue weighted by Gasteiger charge is 2.24.